The molecule has 1 heterocycles. The zero-order valence-electron chi connectivity index (χ0n) is 15.6. The van der Waals surface area contributed by atoms with Crippen molar-refractivity contribution < 1.29 is 13.5 Å². The fourth-order valence-corrected chi connectivity index (χ4v) is 2.54. The van der Waals surface area contributed by atoms with Crippen LogP contribution in [0, 0.1) is 6.92 Å². The Kier molecular flexibility index (Phi) is 9.32. The van der Waals surface area contributed by atoms with Gasteiger partial charge in [0.15, 0.2) is 0 Å². The lowest BCUT2D eigenvalue weighted by molar-refractivity contribution is 0.163. The Labute approximate surface area is 157 Å². The molecule has 0 fully saturated rings. The smallest absolute Gasteiger partial charge is 0.228 e. The number of aryl methyl sites for hydroxylation is 1. The first kappa shape index (κ1) is 21.8. The zero-order valence-corrected chi connectivity index (χ0v) is 17.2. The number of hydrogen-bond donors (Lipinski definition) is 0. The molecular weight excluding hydrogens is 392 g/mol. The van der Waals surface area contributed by atoms with E-state index in [9.17, 15) is 8.78 Å². The molecule has 25 heavy (non-hydrogen) atoms. The van der Waals surface area contributed by atoms with E-state index in [4.69, 9.17) is 4.74 Å². The lowest BCUT2D eigenvalue weighted by Gasteiger charge is -2.17. The van der Waals surface area contributed by atoms with Crippen molar-refractivity contribution in [3.8, 4) is 5.88 Å². The fraction of sp³-hybridized carbons (Fsp3) is 0.667. The summed E-state index contributed by atoms with van der Waals surface area (Å²) in [6.07, 6.45) is -0.00235. The van der Waals surface area contributed by atoms with Crippen molar-refractivity contribution >= 4 is 28.0 Å². The molecular formula is C18H28BrF2N3O. The normalized spacial score (nSPS) is 15.2. The van der Waals surface area contributed by atoms with Crippen molar-refractivity contribution in [3.63, 3.8) is 0 Å². The van der Waals surface area contributed by atoms with Gasteiger partial charge in [-0.1, -0.05) is 0 Å². The van der Waals surface area contributed by atoms with Gasteiger partial charge in [0, 0.05) is 20.0 Å². The predicted octanol–water partition coefficient (Wildman–Crippen LogP) is 5.40. The maximum atomic E-state index is 13.6. The number of ether oxygens (including phenoxy) is 1. The minimum atomic E-state index is -1.14. The van der Waals surface area contributed by atoms with E-state index in [0.29, 0.717) is 16.8 Å². The van der Waals surface area contributed by atoms with Crippen LogP contribution in [-0.2, 0) is 0 Å². The summed E-state index contributed by atoms with van der Waals surface area (Å²) >= 11 is 3.45. The highest BCUT2D eigenvalue weighted by Crippen LogP contribution is 2.30. The average molecular weight is 420 g/mol. The Hall–Kier alpha value is -1.24. The topological polar surface area (TPSA) is 37.7 Å². The Balaban J connectivity index is 2.67. The lowest BCUT2D eigenvalue weighted by Crippen LogP contribution is -2.17. The molecule has 1 aromatic heterocycles. The molecule has 0 radical (unpaired) electrons. The van der Waals surface area contributed by atoms with Crippen LogP contribution in [0.15, 0.2) is 15.5 Å². The van der Waals surface area contributed by atoms with Gasteiger partial charge in [0.2, 0.25) is 5.88 Å². The SMILES string of the molecule is CCN(C)C=Nc1cc(Br)c(O[C@H](C)CCC(F)CC(C)F)nc1C. The van der Waals surface area contributed by atoms with Crippen molar-refractivity contribution in [2.75, 3.05) is 13.6 Å². The number of aliphatic imine (C=N–C) groups is 1. The predicted molar refractivity (Wildman–Crippen MR) is 103 cm³/mol. The molecule has 4 nitrogen and oxygen atoms in total. The molecule has 0 aliphatic heterocycles. The standard InChI is InChI=1S/C18H28BrF2N3O/c1-6-24(5)11-22-17-10-16(19)18(23-14(17)4)25-13(3)7-8-15(21)9-12(2)20/h10-13,15H,6-9H2,1-5H3/t12?,13-,15?/m1/s1. The summed E-state index contributed by atoms with van der Waals surface area (Å²) in [6, 6.07) is 1.85. The Morgan fingerprint density at radius 2 is 2.04 bits per heavy atom. The van der Waals surface area contributed by atoms with E-state index >= 15 is 0 Å². The largest absolute Gasteiger partial charge is 0.474 e. The quantitative estimate of drug-likeness (QED) is 0.376. The van der Waals surface area contributed by atoms with Crippen molar-refractivity contribution in [3.05, 3.63) is 16.2 Å². The third-order valence-corrected chi connectivity index (χ3v) is 4.35. The molecule has 0 spiro atoms. The van der Waals surface area contributed by atoms with Crippen LogP contribution in [0.5, 0.6) is 5.88 Å². The molecule has 1 aromatic rings. The van der Waals surface area contributed by atoms with E-state index in [1.807, 2.05) is 38.8 Å². The molecule has 2 unspecified atom stereocenters. The molecule has 142 valence electrons. The Morgan fingerprint density at radius 3 is 2.64 bits per heavy atom. The van der Waals surface area contributed by atoms with Crippen LogP contribution in [0.25, 0.3) is 0 Å². The van der Waals surface area contributed by atoms with Crippen LogP contribution in [0.4, 0.5) is 14.5 Å². The van der Waals surface area contributed by atoms with Crippen molar-refractivity contribution in [1.29, 1.82) is 0 Å². The summed E-state index contributed by atoms with van der Waals surface area (Å²) in [5.41, 5.74) is 1.51. The van der Waals surface area contributed by atoms with E-state index in [1.54, 1.807) is 6.34 Å². The van der Waals surface area contributed by atoms with Crippen LogP contribution in [0.1, 0.15) is 45.7 Å². The van der Waals surface area contributed by atoms with E-state index < -0.39 is 12.3 Å². The maximum Gasteiger partial charge on any atom is 0.228 e. The van der Waals surface area contributed by atoms with Crippen molar-refractivity contribution in [2.24, 2.45) is 4.99 Å². The summed E-state index contributed by atoms with van der Waals surface area (Å²) in [5.74, 6) is 0.460. The monoisotopic (exact) mass is 419 g/mol. The number of pyridine rings is 1. The first-order valence-electron chi connectivity index (χ1n) is 8.59. The molecule has 0 aromatic carbocycles. The lowest BCUT2D eigenvalue weighted by atomic mass is 10.1. The van der Waals surface area contributed by atoms with Gasteiger partial charge in [-0.25, -0.2) is 18.8 Å². The van der Waals surface area contributed by atoms with Gasteiger partial charge in [-0.3, -0.25) is 0 Å². The first-order chi connectivity index (χ1) is 11.7. The zero-order chi connectivity index (χ0) is 19.0. The summed E-state index contributed by atoms with van der Waals surface area (Å²) in [6.45, 7) is 8.01. The molecule has 0 saturated carbocycles. The minimum absolute atomic E-state index is 0.0628. The number of halogens is 3. The third kappa shape index (κ3) is 8.12. The van der Waals surface area contributed by atoms with Crippen molar-refractivity contribution in [1.82, 2.24) is 9.88 Å². The van der Waals surface area contributed by atoms with Crippen LogP contribution in [-0.4, -0.2) is 48.3 Å². The molecule has 1 rings (SSSR count). The van der Waals surface area contributed by atoms with E-state index in [-0.39, 0.29) is 18.9 Å². The molecule has 3 atom stereocenters. The molecule has 0 saturated heterocycles. The molecule has 7 heteroatoms. The summed E-state index contributed by atoms with van der Waals surface area (Å²) in [7, 11) is 1.95. The van der Waals surface area contributed by atoms with Crippen LogP contribution in [0.3, 0.4) is 0 Å². The highest BCUT2D eigenvalue weighted by atomic mass is 79.9. The van der Waals surface area contributed by atoms with Gasteiger partial charge in [0.05, 0.1) is 28.3 Å². The highest BCUT2D eigenvalue weighted by molar-refractivity contribution is 9.10. The van der Waals surface area contributed by atoms with E-state index in [2.05, 4.69) is 25.9 Å². The maximum absolute atomic E-state index is 13.6. The number of rotatable bonds is 10. The first-order valence-corrected chi connectivity index (χ1v) is 9.38. The number of alkyl halides is 2. The second-order valence-corrected chi connectivity index (χ2v) is 7.17. The van der Waals surface area contributed by atoms with Gasteiger partial charge >= 0.3 is 0 Å². The molecule has 0 N–H and O–H groups in total. The van der Waals surface area contributed by atoms with Crippen LogP contribution >= 0.6 is 15.9 Å². The number of hydrogen-bond acceptors (Lipinski definition) is 3. The molecule has 0 bridgehead atoms. The highest BCUT2D eigenvalue weighted by Gasteiger charge is 2.16. The second kappa shape index (κ2) is 10.7. The van der Waals surface area contributed by atoms with Gasteiger partial charge in [-0.2, -0.15) is 0 Å². The van der Waals surface area contributed by atoms with Gasteiger partial charge in [0.1, 0.15) is 12.3 Å². The van der Waals surface area contributed by atoms with Crippen molar-refractivity contribution in [2.45, 2.75) is 65.4 Å². The fourth-order valence-electron chi connectivity index (χ4n) is 2.14. The Morgan fingerprint density at radius 1 is 1.36 bits per heavy atom. The van der Waals surface area contributed by atoms with Gasteiger partial charge < -0.3 is 9.64 Å². The van der Waals surface area contributed by atoms with Gasteiger partial charge in [-0.05, 0) is 62.5 Å². The van der Waals surface area contributed by atoms with Crippen LogP contribution < -0.4 is 4.74 Å². The second-order valence-electron chi connectivity index (χ2n) is 6.32. The molecule has 0 amide bonds. The number of aromatic nitrogens is 1. The summed E-state index contributed by atoms with van der Waals surface area (Å²) < 4.78 is 32.9. The molecule has 0 aliphatic carbocycles. The average Bonchev–Trinajstić information content (AvgIpc) is 2.53. The number of nitrogens with zero attached hydrogens (tertiary/aromatic N) is 3. The van der Waals surface area contributed by atoms with Gasteiger partial charge in [-0.15, -0.1) is 0 Å². The Bertz CT molecular complexity index is 569. The van der Waals surface area contributed by atoms with Crippen LogP contribution in [0.2, 0.25) is 0 Å². The minimum Gasteiger partial charge on any atom is -0.474 e. The summed E-state index contributed by atoms with van der Waals surface area (Å²) in [4.78, 5) is 10.8. The van der Waals surface area contributed by atoms with E-state index in [1.165, 1.54) is 6.92 Å². The molecule has 0 aliphatic rings. The third-order valence-electron chi connectivity index (χ3n) is 3.78. The van der Waals surface area contributed by atoms with Gasteiger partial charge in [0.25, 0.3) is 0 Å². The van der Waals surface area contributed by atoms with E-state index in [0.717, 1.165) is 17.9 Å². The summed E-state index contributed by atoms with van der Waals surface area (Å²) in [5, 5.41) is 0.